The van der Waals surface area contributed by atoms with Gasteiger partial charge in [-0.15, -0.1) is 0 Å². The predicted molar refractivity (Wildman–Crippen MR) is 79.7 cm³/mol. The van der Waals surface area contributed by atoms with E-state index >= 15 is 0 Å². The number of aliphatic hydroxyl groups excluding tert-OH is 1. The first-order valence-corrected chi connectivity index (χ1v) is 7.12. The Labute approximate surface area is 128 Å². The van der Waals surface area contributed by atoms with Crippen molar-refractivity contribution in [3.8, 4) is 6.07 Å². The zero-order valence-electron chi connectivity index (χ0n) is 11.8. The molecule has 0 amide bonds. The maximum atomic E-state index is 9.81. The van der Waals surface area contributed by atoms with Gasteiger partial charge in [-0.1, -0.05) is 29.8 Å². The Morgan fingerprint density at radius 1 is 1.48 bits per heavy atom. The summed E-state index contributed by atoms with van der Waals surface area (Å²) in [5.74, 6) is 0. The van der Waals surface area contributed by atoms with Crippen LogP contribution in [0.5, 0.6) is 0 Å². The quantitative estimate of drug-likeness (QED) is 0.890. The molecule has 0 bridgehead atoms. The van der Waals surface area contributed by atoms with E-state index in [1.807, 2.05) is 18.2 Å². The standard InChI is InChI=1S/C15H17ClN4O/c1-12(21)6-7-15(8-17,9-20-11-18-10-19-20)13-4-2-3-5-14(13)16/h2-5,10-12,21H,6-7,9H2,1H3. The van der Waals surface area contributed by atoms with Crippen LogP contribution >= 0.6 is 11.6 Å². The van der Waals surface area contributed by atoms with Crippen LogP contribution < -0.4 is 0 Å². The number of nitriles is 1. The third kappa shape index (κ3) is 3.60. The van der Waals surface area contributed by atoms with Crippen LogP contribution in [0.1, 0.15) is 25.3 Å². The van der Waals surface area contributed by atoms with Crippen LogP contribution in [-0.4, -0.2) is 26.0 Å². The fourth-order valence-corrected chi connectivity index (χ4v) is 2.66. The summed E-state index contributed by atoms with van der Waals surface area (Å²) in [6.07, 6.45) is 3.53. The lowest BCUT2D eigenvalue weighted by atomic mass is 9.77. The molecule has 2 unspecified atom stereocenters. The van der Waals surface area contributed by atoms with Gasteiger partial charge in [0.05, 0.1) is 18.7 Å². The molecule has 5 nitrogen and oxygen atoms in total. The summed E-state index contributed by atoms with van der Waals surface area (Å²) in [6, 6.07) is 9.69. The Hall–Kier alpha value is -1.90. The molecule has 0 aliphatic rings. The van der Waals surface area contributed by atoms with E-state index in [-0.39, 0.29) is 0 Å². The van der Waals surface area contributed by atoms with Crippen LogP contribution in [0.25, 0.3) is 0 Å². The smallest absolute Gasteiger partial charge is 0.137 e. The molecule has 1 aromatic carbocycles. The first-order valence-electron chi connectivity index (χ1n) is 6.74. The van der Waals surface area contributed by atoms with Crippen molar-refractivity contribution in [2.75, 3.05) is 0 Å². The lowest BCUT2D eigenvalue weighted by Gasteiger charge is -2.28. The van der Waals surface area contributed by atoms with Gasteiger partial charge in [0.1, 0.15) is 18.1 Å². The lowest BCUT2D eigenvalue weighted by molar-refractivity contribution is 0.170. The highest BCUT2D eigenvalue weighted by Gasteiger charge is 2.35. The number of hydrogen-bond acceptors (Lipinski definition) is 4. The van der Waals surface area contributed by atoms with Crippen molar-refractivity contribution >= 4 is 11.6 Å². The summed E-state index contributed by atoms with van der Waals surface area (Å²) in [5, 5.41) is 24.0. The van der Waals surface area contributed by atoms with E-state index in [2.05, 4.69) is 16.2 Å². The molecule has 0 aliphatic carbocycles. The van der Waals surface area contributed by atoms with Crippen LogP contribution in [0.2, 0.25) is 5.02 Å². The van der Waals surface area contributed by atoms with Crippen LogP contribution in [-0.2, 0) is 12.0 Å². The highest BCUT2D eigenvalue weighted by atomic mass is 35.5. The number of rotatable bonds is 6. The number of halogens is 1. The number of hydrogen-bond donors (Lipinski definition) is 1. The van der Waals surface area contributed by atoms with Gasteiger partial charge in [0.2, 0.25) is 0 Å². The Kier molecular flexibility index (Phi) is 4.94. The van der Waals surface area contributed by atoms with Crippen LogP contribution in [0, 0.1) is 11.3 Å². The van der Waals surface area contributed by atoms with E-state index in [0.717, 1.165) is 5.56 Å². The molecular weight excluding hydrogens is 288 g/mol. The van der Waals surface area contributed by atoms with Crippen LogP contribution in [0.3, 0.4) is 0 Å². The highest BCUT2D eigenvalue weighted by Crippen LogP contribution is 2.35. The normalized spacial score (nSPS) is 15.1. The Bertz CT molecular complexity index is 621. The van der Waals surface area contributed by atoms with E-state index < -0.39 is 11.5 Å². The lowest BCUT2D eigenvalue weighted by Crippen LogP contribution is -2.32. The molecule has 1 N–H and O–H groups in total. The van der Waals surface area contributed by atoms with Gasteiger partial charge < -0.3 is 5.11 Å². The molecule has 0 saturated heterocycles. The monoisotopic (exact) mass is 304 g/mol. The molecule has 0 aliphatic heterocycles. The third-order valence-corrected chi connectivity index (χ3v) is 3.82. The number of nitrogens with zero attached hydrogens (tertiary/aromatic N) is 4. The molecule has 0 fully saturated rings. The maximum Gasteiger partial charge on any atom is 0.137 e. The zero-order chi connectivity index (χ0) is 15.3. The molecule has 0 saturated carbocycles. The van der Waals surface area contributed by atoms with Gasteiger partial charge in [0.25, 0.3) is 0 Å². The average molecular weight is 305 g/mol. The summed E-state index contributed by atoms with van der Waals surface area (Å²) < 4.78 is 1.62. The van der Waals surface area contributed by atoms with E-state index in [9.17, 15) is 10.4 Å². The molecule has 2 aromatic rings. The minimum absolute atomic E-state index is 0.347. The number of benzene rings is 1. The topological polar surface area (TPSA) is 74.7 Å². The average Bonchev–Trinajstić information content (AvgIpc) is 2.97. The van der Waals surface area contributed by atoms with Gasteiger partial charge in [-0.25, -0.2) is 4.98 Å². The Balaban J connectivity index is 2.41. The van der Waals surface area contributed by atoms with Gasteiger partial charge in [-0.3, -0.25) is 4.68 Å². The predicted octanol–water partition coefficient (Wildman–Crippen LogP) is 2.55. The molecule has 110 valence electrons. The van der Waals surface area contributed by atoms with Crippen molar-refractivity contribution in [2.45, 2.75) is 37.8 Å². The van der Waals surface area contributed by atoms with Crippen molar-refractivity contribution in [2.24, 2.45) is 0 Å². The largest absolute Gasteiger partial charge is 0.393 e. The summed E-state index contributed by atoms with van der Waals surface area (Å²) in [6.45, 7) is 2.06. The van der Waals surface area contributed by atoms with Crippen molar-refractivity contribution in [3.05, 3.63) is 47.5 Å². The van der Waals surface area contributed by atoms with E-state index in [0.29, 0.717) is 24.4 Å². The molecule has 1 aromatic heterocycles. The minimum Gasteiger partial charge on any atom is -0.393 e. The van der Waals surface area contributed by atoms with Gasteiger partial charge >= 0.3 is 0 Å². The van der Waals surface area contributed by atoms with Crippen LogP contribution in [0.4, 0.5) is 0 Å². The first-order chi connectivity index (χ1) is 10.1. The SMILES string of the molecule is CC(O)CCC(C#N)(Cn1cncn1)c1ccccc1Cl. The van der Waals surface area contributed by atoms with Gasteiger partial charge in [0.15, 0.2) is 0 Å². The number of aromatic nitrogens is 3. The van der Waals surface area contributed by atoms with E-state index in [1.54, 1.807) is 24.0 Å². The third-order valence-electron chi connectivity index (χ3n) is 3.49. The fourth-order valence-electron chi connectivity index (χ4n) is 2.35. The number of aliphatic hydroxyl groups is 1. The van der Waals surface area contributed by atoms with Crippen molar-refractivity contribution in [1.29, 1.82) is 5.26 Å². The molecule has 2 rings (SSSR count). The van der Waals surface area contributed by atoms with E-state index in [4.69, 9.17) is 11.6 Å². The van der Waals surface area contributed by atoms with Gasteiger partial charge in [-0.05, 0) is 31.4 Å². The van der Waals surface area contributed by atoms with Gasteiger partial charge in [0, 0.05) is 5.02 Å². The van der Waals surface area contributed by atoms with Crippen molar-refractivity contribution < 1.29 is 5.11 Å². The second kappa shape index (κ2) is 6.70. The summed E-state index contributed by atoms with van der Waals surface area (Å²) in [4.78, 5) is 3.91. The van der Waals surface area contributed by atoms with Crippen molar-refractivity contribution in [1.82, 2.24) is 14.8 Å². The second-order valence-corrected chi connectivity index (χ2v) is 5.56. The zero-order valence-corrected chi connectivity index (χ0v) is 12.5. The molecule has 0 radical (unpaired) electrons. The first kappa shape index (κ1) is 15.5. The summed E-state index contributed by atoms with van der Waals surface area (Å²) in [7, 11) is 0. The Morgan fingerprint density at radius 2 is 2.24 bits per heavy atom. The minimum atomic E-state index is -0.844. The molecule has 21 heavy (non-hydrogen) atoms. The molecule has 0 spiro atoms. The van der Waals surface area contributed by atoms with Crippen LogP contribution in [0.15, 0.2) is 36.9 Å². The summed E-state index contributed by atoms with van der Waals surface area (Å²) >= 11 is 6.28. The van der Waals surface area contributed by atoms with E-state index in [1.165, 1.54) is 6.33 Å². The fraction of sp³-hybridized carbons (Fsp3) is 0.400. The second-order valence-electron chi connectivity index (χ2n) is 5.15. The van der Waals surface area contributed by atoms with Gasteiger partial charge in [-0.2, -0.15) is 10.4 Å². The summed E-state index contributed by atoms with van der Waals surface area (Å²) in [5.41, 5.74) is -0.0893. The van der Waals surface area contributed by atoms with Crippen molar-refractivity contribution in [3.63, 3.8) is 0 Å². The molecular formula is C15H17ClN4O. The molecule has 2 atom stereocenters. The maximum absolute atomic E-state index is 9.81. The molecule has 6 heteroatoms. The molecule has 1 heterocycles. The Morgan fingerprint density at radius 3 is 2.81 bits per heavy atom. The highest BCUT2D eigenvalue weighted by molar-refractivity contribution is 6.31.